The molecule has 2 fully saturated rings. The molecule has 1 aromatic rings. The van der Waals surface area contributed by atoms with Crippen LogP contribution < -0.4 is 5.19 Å². The second kappa shape index (κ2) is 8.53. The summed E-state index contributed by atoms with van der Waals surface area (Å²) < 4.78 is 5.89. The summed E-state index contributed by atoms with van der Waals surface area (Å²) in [6.45, 7) is 16.6. The number of hydrogen-bond acceptors (Lipinski definition) is 2. The Kier molecular flexibility index (Phi) is 6.01. The average Bonchev–Trinajstić information content (AvgIpc) is 3.05. The van der Waals surface area contributed by atoms with E-state index in [1.54, 1.807) is 0 Å². The van der Waals surface area contributed by atoms with Crippen LogP contribution in [-0.2, 0) is 4.74 Å². The van der Waals surface area contributed by atoms with Gasteiger partial charge in [0, 0.05) is 11.8 Å². The molecule has 4 aliphatic rings. The molecule has 3 heteroatoms. The molecule has 5 rings (SSSR count). The Balaban J connectivity index is 1.46. The molecule has 1 N–H and O–H groups in total. The van der Waals surface area contributed by atoms with Crippen LogP contribution in [0.4, 0.5) is 0 Å². The van der Waals surface area contributed by atoms with Crippen LogP contribution in [0.15, 0.2) is 66.0 Å². The van der Waals surface area contributed by atoms with E-state index in [1.807, 2.05) is 0 Å². The zero-order valence-electron chi connectivity index (χ0n) is 22.3. The smallest absolute Gasteiger partial charge is 0.162 e. The molecule has 4 aliphatic carbocycles. The van der Waals surface area contributed by atoms with Crippen LogP contribution in [0.25, 0.3) is 0 Å². The van der Waals surface area contributed by atoms with Crippen molar-refractivity contribution in [1.82, 2.24) is 0 Å². The van der Waals surface area contributed by atoms with Crippen molar-refractivity contribution < 1.29 is 9.84 Å². The maximum Gasteiger partial charge on any atom is 0.162 e. The minimum absolute atomic E-state index is 0.209. The van der Waals surface area contributed by atoms with Gasteiger partial charge in [0.2, 0.25) is 0 Å². The first kappa shape index (κ1) is 24.7. The highest BCUT2D eigenvalue weighted by Crippen LogP contribution is 2.67. The van der Waals surface area contributed by atoms with E-state index in [9.17, 15) is 5.11 Å². The number of ether oxygens (including phenoxy) is 1. The normalized spacial score (nSPS) is 38.2. The molecule has 6 atom stereocenters. The molecule has 0 radical (unpaired) electrons. The Hall–Kier alpha value is -2.02. The van der Waals surface area contributed by atoms with E-state index >= 15 is 0 Å². The fraction of sp³-hybridized carbons (Fsp3) is 0.562. The van der Waals surface area contributed by atoms with Gasteiger partial charge in [0.1, 0.15) is 0 Å². The van der Waals surface area contributed by atoms with Crippen molar-refractivity contribution in [2.24, 2.45) is 28.6 Å². The molecule has 0 spiro atoms. The first-order valence-electron chi connectivity index (χ1n) is 13.6. The molecule has 0 unspecified atom stereocenters. The van der Waals surface area contributed by atoms with Crippen LogP contribution in [0, 0.1) is 40.0 Å². The number of allylic oxidation sites excluding steroid dienone is 4. The van der Waals surface area contributed by atoms with Crippen molar-refractivity contribution in [2.75, 3.05) is 6.61 Å². The highest BCUT2D eigenvalue weighted by atomic mass is 28.3. The summed E-state index contributed by atoms with van der Waals surface area (Å²) in [4.78, 5) is 0. The lowest BCUT2D eigenvalue weighted by atomic mass is 9.47. The predicted octanol–water partition coefficient (Wildman–Crippen LogP) is 6.53. The summed E-state index contributed by atoms with van der Waals surface area (Å²) in [5, 5.41) is 13.5. The first-order chi connectivity index (χ1) is 16.5. The SMILES string of the molecule is C=C1C[C@H]2[C@@H]3CC=C4C=C(OCC)CC[C@]4(C)[C@H]3CC[C@]2(C)[C@]1(O)C#C[Si](C)(C)c1ccccc1. The Morgan fingerprint density at radius 3 is 2.60 bits per heavy atom. The monoisotopic (exact) mass is 486 g/mol. The van der Waals surface area contributed by atoms with Gasteiger partial charge < -0.3 is 9.84 Å². The van der Waals surface area contributed by atoms with Crippen LogP contribution in [0.1, 0.15) is 59.3 Å². The van der Waals surface area contributed by atoms with Gasteiger partial charge in [0.05, 0.1) is 12.4 Å². The summed E-state index contributed by atoms with van der Waals surface area (Å²) >= 11 is 0. The third kappa shape index (κ3) is 3.71. The quantitative estimate of drug-likeness (QED) is 0.299. The minimum atomic E-state index is -1.99. The lowest BCUT2D eigenvalue weighted by molar-refractivity contribution is -0.0855. The van der Waals surface area contributed by atoms with Crippen LogP contribution in [0.2, 0.25) is 13.1 Å². The molecule has 186 valence electrons. The van der Waals surface area contributed by atoms with Crippen molar-refractivity contribution in [3.63, 3.8) is 0 Å². The third-order valence-electron chi connectivity index (χ3n) is 10.3. The van der Waals surface area contributed by atoms with Crippen molar-refractivity contribution >= 4 is 13.3 Å². The molecule has 2 nitrogen and oxygen atoms in total. The van der Waals surface area contributed by atoms with Gasteiger partial charge in [-0.1, -0.05) is 75.8 Å². The van der Waals surface area contributed by atoms with E-state index in [1.165, 1.54) is 10.8 Å². The average molecular weight is 487 g/mol. The molecule has 0 aliphatic heterocycles. The second-order valence-electron chi connectivity index (χ2n) is 12.4. The third-order valence-corrected chi connectivity index (χ3v) is 12.8. The zero-order chi connectivity index (χ0) is 25.1. The highest BCUT2D eigenvalue weighted by Gasteiger charge is 2.64. The van der Waals surface area contributed by atoms with Gasteiger partial charge in [-0.2, -0.15) is 0 Å². The molecule has 1 aromatic carbocycles. The van der Waals surface area contributed by atoms with Gasteiger partial charge in [0.25, 0.3) is 0 Å². The Morgan fingerprint density at radius 2 is 1.89 bits per heavy atom. The predicted molar refractivity (Wildman–Crippen MR) is 148 cm³/mol. The van der Waals surface area contributed by atoms with E-state index in [2.05, 4.69) is 94.4 Å². The number of aliphatic hydroxyl groups is 1. The zero-order valence-corrected chi connectivity index (χ0v) is 23.3. The molecule has 0 aromatic heterocycles. The Bertz CT molecular complexity index is 1140. The summed E-state index contributed by atoms with van der Waals surface area (Å²) in [7, 11) is -1.99. The first-order valence-corrected chi connectivity index (χ1v) is 16.6. The van der Waals surface area contributed by atoms with Gasteiger partial charge in [-0.05, 0) is 84.6 Å². The number of fused-ring (bicyclic) bond motifs is 5. The van der Waals surface area contributed by atoms with Crippen LogP contribution in [0.3, 0.4) is 0 Å². The molecule has 0 amide bonds. The lowest BCUT2D eigenvalue weighted by Crippen LogP contribution is -2.54. The van der Waals surface area contributed by atoms with Crippen LogP contribution >= 0.6 is 0 Å². The summed E-state index contributed by atoms with van der Waals surface area (Å²) in [5.41, 5.74) is 4.94. The second-order valence-corrected chi connectivity index (χ2v) is 16.5. The highest BCUT2D eigenvalue weighted by molar-refractivity contribution is 6.96. The molecular weight excluding hydrogens is 444 g/mol. The van der Waals surface area contributed by atoms with E-state index in [4.69, 9.17) is 4.74 Å². The fourth-order valence-electron chi connectivity index (χ4n) is 7.97. The van der Waals surface area contributed by atoms with E-state index in [0.717, 1.165) is 56.5 Å². The van der Waals surface area contributed by atoms with Crippen LogP contribution in [0.5, 0.6) is 0 Å². The molecule has 0 heterocycles. The minimum Gasteiger partial charge on any atom is -0.498 e. The van der Waals surface area contributed by atoms with Crippen molar-refractivity contribution in [3.05, 3.63) is 66.0 Å². The van der Waals surface area contributed by atoms with E-state index in [-0.39, 0.29) is 10.8 Å². The van der Waals surface area contributed by atoms with E-state index < -0.39 is 13.7 Å². The summed E-state index contributed by atoms with van der Waals surface area (Å²) in [6.07, 6.45) is 11.2. The molecule has 0 saturated heterocycles. The van der Waals surface area contributed by atoms with Gasteiger partial charge in [-0.25, -0.2) is 0 Å². The largest absolute Gasteiger partial charge is 0.498 e. The standard InChI is InChI=1S/C32H42O2Si/c1-7-34-25-15-17-30(3)24(22-25)13-14-27-28(30)16-18-31(4)29(27)21-23(2)32(31,33)19-20-35(5,6)26-11-9-8-10-12-26/h8-13,22,27-29,33H,2,7,14-18,21H2,1,3-6H3/t27-,28+,29+,30+,31+,32+/m1/s1. The Morgan fingerprint density at radius 1 is 1.14 bits per heavy atom. The number of hydrogen-bond donors (Lipinski definition) is 1. The summed E-state index contributed by atoms with van der Waals surface area (Å²) in [6, 6.07) is 10.6. The maximum atomic E-state index is 12.2. The Labute approximate surface area is 213 Å². The molecule has 2 saturated carbocycles. The summed E-state index contributed by atoms with van der Waals surface area (Å²) in [5.74, 6) is 6.31. The molecular formula is C32H42O2Si. The van der Waals surface area contributed by atoms with Crippen LogP contribution in [-0.4, -0.2) is 25.4 Å². The maximum absolute atomic E-state index is 12.2. The molecule has 35 heavy (non-hydrogen) atoms. The van der Waals surface area contributed by atoms with Gasteiger partial charge >= 0.3 is 0 Å². The number of rotatable bonds is 3. The van der Waals surface area contributed by atoms with Crippen molar-refractivity contribution in [3.8, 4) is 11.5 Å². The topological polar surface area (TPSA) is 29.5 Å². The number of benzene rings is 1. The lowest BCUT2D eigenvalue weighted by Gasteiger charge is -2.57. The van der Waals surface area contributed by atoms with Gasteiger partial charge in [-0.3, -0.25) is 0 Å². The van der Waals surface area contributed by atoms with Gasteiger partial charge in [0.15, 0.2) is 13.7 Å². The van der Waals surface area contributed by atoms with Gasteiger partial charge in [-0.15, -0.1) is 5.54 Å². The van der Waals surface area contributed by atoms with Crippen molar-refractivity contribution in [2.45, 2.75) is 78.0 Å². The van der Waals surface area contributed by atoms with E-state index in [0.29, 0.717) is 17.8 Å². The fourth-order valence-corrected chi connectivity index (χ4v) is 9.63. The van der Waals surface area contributed by atoms with Crippen molar-refractivity contribution in [1.29, 1.82) is 0 Å². The molecule has 0 bridgehead atoms.